The zero-order valence-corrected chi connectivity index (χ0v) is 14.3. The Balaban J connectivity index is 2.22. The van der Waals surface area contributed by atoms with Crippen LogP contribution in [0.25, 0.3) is 0 Å². The fraction of sp³-hybridized carbons (Fsp3) is 0.250. The van der Waals surface area contributed by atoms with Gasteiger partial charge in [0.15, 0.2) is 0 Å². The van der Waals surface area contributed by atoms with Gasteiger partial charge in [-0.05, 0) is 64.2 Å². The Morgan fingerprint density at radius 2 is 2.05 bits per heavy atom. The van der Waals surface area contributed by atoms with Crippen molar-refractivity contribution in [1.29, 1.82) is 0 Å². The Kier molecular flexibility index (Phi) is 5.65. The summed E-state index contributed by atoms with van der Waals surface area (Å²) in [5.41, 5.74) is 6.20. The lowest BCUT2D eigenvalue weighted by molar-refractivity contribution is 0.412. The van der Waals surface area contributed by atoms with Crippen molar-refractivity contribution in [2.24, 2.45) is 5.84 Å². The van der Waals surface area contributed by atoms with Crippen LogP contribution in [0.3, 0.4) is 0 Å². The van der Waals surface area contributed by atoms with Crippen molar-refractivity contribution >= 4 is 27.5 Å². The van der Waals surface area contributed by atoms with Crippen LogP contribution in [0.1, 0.15) is 22.7 Å². The van der Waals surface area contributed by atoms with Gasteiger partial charge >= 0.3 is 0 Å². The minimum atomic E-state index is 0.0289. The van der Waals surface area contributed by atoms with Crippen LogP contribution in [0, 0.1) is 6.92 Å². The summed E-state index contributed by atoms with van der Waals surface area (Å²) in [5, 5.41) is 0.765. The maximum atomic E-state index is 6.07. The van der Waals surface area contributed by atoms with Crippen LogP contribution in [-0.2, 0) is 6.42 Å². The lowest BCUT2D eigenvalue weighted by Crippen LogP contribution is -2.29. The number of benzene rings is 2. The molecule has 0 aliphatic heterocycles. The third-order valence-electron chi connectivity index (χ3n) is 3.44. The molecule has 3 nitrogen and oxygen atoms in total. The summed E-state index contributed by atoms with van der Waals surface area (Å²) >= 11 is 9.57. The van der Waals surface area contributed by atoms with E-state index in [9.17, 15) is 0 Å². The number of hydrogen-bond donors (Lipinski definition) is 2. The Morgan fingerprint density at radius 3 is 2.62 bits per heavy atom. The Bertz CT molecular complexity index is 634. The molecule has 5 heteroatoms. The van der Waals surface area contributed by atoms with Gasteiger partial charge in [0.2, 0.25) is 0 Å². The molecule has 112 valence electrons. The molecule has 0 saturated carbocycles. The van der Waals surface area contributed by atoms with Gasteiger partial charge in [0.25, 0.3) is 0 Å². The van der Waals surface area contributed by atoms with Gasteiger partial charge in [0, 0.05) is 11.1 Å². The molecule has 0 radical (unpaired) electrons. The average Bonchev–Trinajstić information content (AvgIpc) is 2.48. The van der Waals surface area contributed by atoms with E-state index in [1.807, 2.05) is 37.3 Å². The van der Waals surface area contributed by atoms with Crippen molar-refractivity contribution < 1.29 is 4.74 Å². The van der Waals surface area contributed by atoms with E-state index >= 15 is 0 Å². The molecule has 0 bridgehead atoms. The molecule has 0 spiro atoms. The van der Waals surface area contributed by atoms with Gasteiger partial charge in [-0.25, -0.2) is 0 Å². The first-order valence-electron chi connectivity index (χ1n) is 6.59. The fourth-order valence-electron chi connectivity index (χ4n) is 2.23. The van der Waals surface area contributed by atoms with Crippen LogP contribution < -0.4 is 16.0 Å². The summed E-state index contributed by atoms with van der Waals surface area (Å²) in [6.45, 7) is 1.99. The van der Waals surface area contributed by atoms with Crippen LogP contribution in [0.4, 0.5) is 0 Å². The van der Waals surface area contributed by atoms with E-state index in [1.54, 1.807) is 7.11 Å². The van der Waals surface area contributed by atoms with E-state index < -0.39 is 0 Å². The molecule has 0 aliphatic rings. The fourth-order valence-corrected chi connectivity index (χ4v) is 2.94. The van der Waals surface area contributed by atoms with Crippen molar-refractivity contribution in [3.8, 4) is 5.75 Å². The summed E-state index contributed by atoms with van der Waals surface area (Å²) in [5.74, 6) is 6.53. The first kappa shape index (κ1) is 16.3. The SMILES string of the molecule is COc1ccc(CC(NN)c2ccc(Cl)c(C)c2)cc1Br. The van der Waals surface area contributed by atoms with Crippen LogP contribution in [-0.4, -0.2) is 7.11 Å². The highest BCUT2D eigenvalue weighted by atomic mass is 79.9. The second-order valence-electron chi connectivity index (χ2n) is 4.90. The number of nitrogens with two attached hydrogens (primary N) is 1. The quantitative estimate of drug-likeness (QED) is 0.614. The summed E-state index contributed by atoms with van der Waals surface area (Å²) in [4.78, 5) is 0. The minimum Gasteiger partial charge on any atom is -0.496 e. The molecule has 0 heterocycles. The van der Waals surface area contributed by atoms with Gasteiger partial charge in [0.1, 0.15) is 5.75 Å². The Hall–Kier alpha value is -1.07. The van der Waals surface area contributed by atoms with Crippen LogP contribution >= 0.6 is 27.5 Å². The van der Waals surface area contributed by atoms with Crippen molar-refractivity contribution in [3.05, 3.63) is 62.6 Å². The number of rotatable bonds is 5. The first-order valence-corrected chi connectivity index (χ1v) is 7.77. The van der Waals surface area contributed by atoms with Gasteiger partial charge in [0.05, 0.1) is 11.6 Å². The van der Waals surface area contributed by atoms with E-state index in [-0.39, 0.29) is 6.04 Å². The Labute approximate surface area is 138 Å². The molecule has 3 N–H and O–H groups in total. The third kappa shape index (κ3) is 3.98. The standard InChI is InChI=1S/C16H18BrClN2O/c1-10-7-12(4-5-14(10)18)15(20-19)9-11-3-6-16(21-2)13(17)8-11/h3-8,15,20H,9,19H2,1-2H3. The average molecular weight is 370 g/mol. The zero-order valence-electron chi connectivity index (χ0n) is 12.0. The second kappa shape index (κ2) is 7.27. The molecule has 2 aromatic rings. The van der Waals surface area contributed by atoms with Crippen molar-refractivity contribution in [1.82, 2.24) is 5.43 Å². The molecular formula is C16H18BrClN2O. The summed E-state index contributed by atoms with van der Waals surface area (Å²) in [7, 11) is 1.65. The second-order valence-corrected chi connectivity index (χ2v) is 6.16. The van der Waals surface area contributed by atoms with E-state index in [1.165, 1.54) is 5.56 Å². The molecule has 2 rings (SSSR count). The van der Waals surface area contributed by atoms with Gasteiger partial charge in [-0.1, -0.05) is 29.8 Å². The smallest absolute Gasteiger partial charge is 0.133 e. The highest BCUT2D eigenvalue weighted by molar-refractivity contribution is 9.10. The van der Waals surface area contributed by atoms with Crippen LogP contribution in [0.15, 0.2) is 40.9 Å². The molecule has 2 aromatic carbocycles. The molecule has 0 aliphatic carbocycles. The topological polar surface area (TPSA) is 47.3 Å². The maximum Gasteiger partial charge on any atom is 0.133 e. The number of hydrazine groups is 1. The molecular weight excluding hydrogens is 352 g/mol. The lowest BCUT2D eigenvalue weighted by Gasteiger charge is -2.18. The molecule has 0 aromatic heterocycles. The molecule has 0 saturated heterocycles. The number of aryl methyl sites for hydroxylation is 1. The zero-order chi connectivity index (χ0) is 15.4. The lowest BCUT2D eigenvalue weighted by atomic mass is 9.98. The van der Waals surface area contributed by atoms with E-state index in [0.717, 1.165) is 32.8 Å². The van der Waals surface area contributed by atoms with E-state index in [4.69, 9.17) is 22.2 Å². The van der Waals surface area contributed by atoms with Crippen molar-refractivity contribution in [2.45, 2.75) is 19.4 Å². The third-order valence-corrected chi connectivity index (χ3v) is 4.49. The summed E-state index contributed by atoms with van der Waals surface area (Å²) in [6.07, 6.45) is 0.778. The van der Waals surface area contributed by atoms with Crippen LogP contribution in [0.2, 0.25) is 5.02 Å². The highest BCUT2D eigenvalue weighted by Gasteiger charge is 2.13. The minimum absolute atomic E-state index is 0.0289. The predicted octanol–water partition coefficient (Wildman–Crippen LogP) is 4.17. The molecule has 1 atom stereocenters. The van der Waals surface area contributed by atoms with Gasteiger partial charge in [-0.15, -0.1) is 0 Å². The first-order chi connectivity index (χ1) is 10.0. The normalized spacial score (nSPS) is 12.2. The number of halogens is 2. The van der Waals surface area contributed by atoms with Gasteiger partial charge < -0.3 is 4.74 Å². The summed E-state index contributed by atoms with van der Waals surface area (Å²) in [6, 6.07) is 12.0. The van der Waals surface area contributed by atoms with E-state index in [2.05, 4.69) is 27.4 Å². The van der Waals surface area contributed by atoms with Gasteiger partial charge in [-0.3, -0.25) is 11.3 Å². The van der Waals surface area contributed by atoms with Crippen molar-refractivity contribution in [2.75, 3.05) is 7.11 Å². The number of nitrogens with one attached hydrogen (secondary N) is 1. The summed E-state index contributed by atoms with van der Waals surface area (Å²) < 4.78 is 6.18. The van der Waals surface area contributed by atoms with Gasteiger partial charge in [-0.2, -0.15) is 0 Å². The Morgan fingerprint density at radius 1 is 1.29 bits per heavy atom. The predicted molar refractivity (Wildman–Crippen MR) is 90.7 cm³/mol. The largest absolute Gasteiger partial charge is 0.496 e. The molecule has 0 amide bonds. The highest BCUT2D eigenvalue weighted by Crippen LogP contribution is 2.28. The van der Waals surface area contributed by atoms with Crippen LogP contribution in [0.5, 0.6) is 5.75 Å². The molecule has 21 heavy (non-hydrogen) atoms. The number of hydrogen-bond acceptors (Lipinski definition) is 3. The molecule has 1 unspecified atom stereocenters. The van der Waals surface area contributed by atoms with E-state index in [0.29, 0.717) is 0 Å². The molecule has 0 fully saturated rings. The monoisotopic (exact) mass is 368 g/mol. The number of methoxy groups -OCH3 is 1. The van der Waals surface area contributed by atoms with Crippen molar-refractivity contribution in [3.63, 3.8) is 0 Å². The number of ether oxygens (including phenoxy) is 1. The maximum absolute atomic E-state index is 6.07.